The molecule has 3 nitrogen and oxygen atoms in total. The lowest BCUT2D eigenvalue weighted by molar-refractivity contribution is 0.0373. The lowest BCUT2D eigenvalue weighted by atomic mass is 10.2. The third kappa shape index (κ3) is 4.17. The Kier molecular flexibility index (Phi) is 5.08. The van der Waals surface area contributed by atoms with E-state index in [0.29, 0.717) is 0 Å². The number of aryl methyl sites for hydroxylation is 2. The number of ether oxygens (including phenoxy) is 1. The fraction of sp³-hybridized carbons (Fsp3) is 0.714. The standard InChI is InChI=1S/C14H23NO2/c1-2-4-13-6-7-14(17-13)5-3-8-15-9-11-16-12-10-15/h6-7H,2-5,8-12H2,1H3. The van der Waals surface area contributed by atoms with Gasteiger partial charge in [0.25, 0.3) is 0 Å². The van der Waals surface area contributed by atoms with Crippen molar-refractivity contribution in [3.05, 3.63) is 23.7 Å². The fourth-order valence-corrected chi connectivity index (χ4v) is 2.24. The van der Waals surface area contributed by atoms with E-state index < -0.39 is 0 Å². The van der Waals surface area contributed by atoms with E-state index >= 15 is 0 Å². The molecule has 2 rings (SSSR count). The molecule has 0 saturated carbocycles. The molecule has 1 aromatic rings. The Labute approximate surface area is 104 Å². The fourth-order valence-electron chi connectivity index (χ4n) is 2.24. The van der Waals surface area contributed by atoms with Gasteiger partial charge < -0.3 is 9.15 Å². The molecule has 3 heteroatoms. The monoisotopic (exact) mass is 237 g/mol. The molecule has 96 valence electrons. The third-order valence-corrected chi connectivity index (χ3v) is 3.21. The molecule has 0 radical (unpaired) electrons. The largest absolute Gasteiger partial charge is 0.466 e. The van der Waals surface area contributed by atoms with Crippen LogP contribution in [0, 0.1) is 0 Å². The van der Waals surface area contributed by atoms with Gasteiger partial charge in [0.05, 0.1) is 13.2 Å². The van der Waals surface area contributed by atoms with Gasteiger partial charge in [0.15, 0.2) is 0 Å². The maximum atomic E-state index is 5.77. The van der Waals surface area contributed by atoms with Crippen molar-refractivity contribution in [2.45, 2.75) is 32.6 Å². The Morgan fingerprint density at radius 2 is 1.82 bits per heavy atom. The zero-order valence-electron chi connectivity index (χ0n) is 10.8. The van der Waals surface area contributed by atoms with Crippen LogP contribution in [0.1, 0.15) is 31.3 Å². The summed E-state index contributed by atoms with van der Waals surface area (Å²) in [6.07, 6.45) is 4.45. The minimum atomic E-state index is 0.890. The number of hydrogen-bond donors (Lipinski definition) is 0. The van der Waals surface area contributed by atoms with Gasteiger partial charge in [-0.3, -0.25) is 4.90 Å². The summed E-state index contributed by atoms with van der Waals surface area (Å²) in [6, 6.07) is 4.25. The summed E-state index contributed by atoms with van der Waals surface area (Å²) in [5.74, 6) is 2.27. The molecule has 0 bridgehead atoms. The summed E-state index contributed by atoms with van der Waals surface area (Å²) in [5, 5.41) is 0. The normalized spacial score (nSPS) is 17.5. The highest BCUT2D eigenvalue weighted by Crippen LogP contribution is 2.12. The highest BCUT2D eigenvalue weighted by molar-refractivity contribution is 5.07. The Bertz CT molecular complexity index is 316. The average molecular weight is 237 g/mol. The SMILES string of the molecule is CCCc1ccc(CCCN2CCOCC2)o1. The third-order valence-electron chi connectivity index (χ3n) is 3.21. The van der Waals surface area contributed by atoms with Crippen LogP contribution in [-0.4, -0.2) is 37.7 Å². The number of nitrogens with zero attached hydrogens (tertiary/aromatic N) is 1. The molecule has 0 N–H and O–H groups in total. The van der Waals surface area contributed by atoms with Gasteiger partial charge in [-0.1, -0.05) is 6.92 Å². The Morgan fingerprint density at radius 1 is 1.12 bits per heavy atom. The van der Waals surface area contributed by atoms with Crippen LogP contribution in [0.3, 0.4) is 0 Å². The van der Waals surface area contributed by atoms with Gasteiger partial charge in [0.1, 0.15) is 11.5 Å². The molecule has 0 aliphatic carbocycles. The van der Waals surface area contributed by atoms with E-state index in [1.165, 1.54) is 6.42 Å². The molecule has 0 unspecified atom stereocenters. The van der Waals surface area contributed by atoms with Crippen LogP contribution in [-0.2, 0) is 17.6 Å². The van der Waals surface area contributed by atoms with E-state index in [-0.39, 0.29) is 0 Å². The van der Waals surface area contributed by atoms with Gasteiger partial charge in [-0.25, -0.2) is 0 Å². The lowest BCUT2D eigenvalue weighted by Gasteiger charge is -2.26. The van der Waals surface area contributed by atoms with Gasteiger partial charge >= 0.3 is 0 Å². The van der Waals surface area contributed by atoms with E-state index in [9.17, 15) is 0 Å². The first kappa shape index (κ1) is 12.7. The van der Waals surface area contributed by atoms with Crippen LogP contribution in [0.2, 0.25) is 0 Å². The minimum absolute atomic E-state index is 0.890. The van der Waals surface area contributed by atoms with Gasteiger partial charge in [-0.15, -0.1) is 0 Å². The Morgan fingerprint density at radius 3 is 2.53 bits per heavy atom. The number of furan rings is 1. The van der Waals surface area contributed by atoms with E-state index in [2.05, 4.69) is 24.0 Å². The zero-order valence-corrected chi connectivity index (χ0v) is 10.8. The molecule has 17 heavy (non-hydrogen) atoms. The maximum absolute atomic E-state index is 5.77. The van der Waals surface area contributed by atoms with Crippen molar-refractivity contribution in [2.75, 3.05) is 32.8 Å². The van der Waals surface area contributed by atoms with Gasteiger partial charge in [-0.05, 0) is 31.5 Å². The second-order valence-electron chi connectivity index (χ2n) is 4.68. The molecular formula is C14H23NO2. The second-order valence-corrected chi connectivity index (χ2v) is 4.68. The van der Waals surface area contributed by atoms with Crippen molar-refractivity contribution >= 4 is 0 Å². The van der Waals surface area contributed by atoms with Gasteiger partial charge in [0, 0.05) is 25.9 Å². The van der Waals surface area contributed by atoms with Gasteiger partial charge in [-0.2, -0.15) is 0 Å². The number of hydrogen-bond acceptors (Lipinski definition) is 3. The molecule has 2 heterocycles. The summed E-state index contributed by atoms with van der Waals surface area (Å²) < 4.78 is 11.1. The van der Waals surface area contributed by atoms with Gasteiger partial charge in [0.2, 0.25) is 0 Å². The molecule has 1 aliphatic heterocycles. The van der Waals surface area contributed by atoms with E-state index in [1.54, 1.807) is 0 Å². The van der Waals surface area contributed by atoms with Crippen LogP contribution >= 0.6 is 0 Å². The molecular weight excluding hydrogens is 214 g/mol. The number of rotatable bonds is 6. The molecule has 0 aromatic carbocycles. The highest BCUT2D eigenvalue weighted by atomic mass is 16.5. The lowest BCUT2D eigenvalue weighted by Crippen LogP contribution is -2.36. The van der Waals surface area contributed by atoms with Crippen LogP contribution in [0.25, 0.3) is 0 Å². The molecule has 0 spiro atoms. The Balaban J connectivity index is 1.66. The molecule has 1 fully saturated rings. The first-order chi connectivity index (χ1) is 8.38. The highest BCUT2D eigenvalue weighted by Gasteiger charge is 2.10. The summed E-state index contributed by atoms with van der Waals surface area (Å²) in [7, 11) is 0. The molecule has 1 aliphatic rings. The maximum Gasteiger partial charge on any atom is 0.104 e. The quantitative estimate of drug-likeness (QED) is 0.760. The smallest absolute Gasteiger partial charge is 0.104 e. The van der Waals surface area contributed by atoms with Crippen LogP contribution < -0.4 is 0 Å². The van der Waals surface area contributed by atoms with Crippen LogP contribution in [0.15, 0.2) is 16.5 Å². The van der Waals surface area contributed by atoms with E-state index in [1.807, 2.05) is 0 Å². The van der Waals surface area contributed by atoms with Crippen molar-refractivity contribution < 1.29 is 9.15 Å². The van der Waals surface area contributed by atoms with E-state index in [0.717, 1.165) is 63.6 Å². The Hall–Kier alpha value is -0.800. The van der Waals surface area contributed by atoms with Crippen LogP contribution in [0.5, 0.6) is 0 Å². The first-order valence-electron chi connectivity index (χ1n) is 6.76. The van der Waals surface area contributed by atoms with E-state index in [4.69, 9.17) is 9.15 Å². The second kappa shape index (κ2) is 6.82. The van der Waals surface area contributed by atoms with Crippen molar-refractivity contribution in [3.8, 4) is 0 Å². The van der Waals surface area contributed by atoms with Crippen molar-refractivity contribution in [1.29, 1.82) is 0 Å². The average Bonchev–Trinajstić information content (AvgIpc) is 2.79. The number of morpholine rings is 1. The van der Waals surface area contributed by atoms with Crippen molar-refractivity contribution in [3.63, 3.8) is 0 Å². The molecule has 1 aromatic heterocycles. The molecule has 0 amide bonds. The first-order valence-corrected chi connectivity index (χ1v) is 6.76. The van der Waals surface area contributed by atoms with Crippen molar-refractivity contribution in [2.24, 2.45) is 0 Å². The molecule has 0 atom stereocenters. The minimum Gasteiger partial charge on any atom is -0.466 e. The predicted molar refractivity (Wildman–Crippen MR) is 68.3 cm³/mol. The zero-order chi connectivity index (χ0) is 11.9. The molecule has 1 saturated heterocycles. The summed E-state index contributed by atoms with van der Waals surface area (Å²) in [4.78, 5) is 2.47. The summed E-state index contributed by atoms with van der Waals surface area (Å²) in [6.45, 7) is 7.29. The topological polar surface area (TPSA) is 25.6 Å². The predicted octanol–water partition coefficient (Wildman–Crippen LogP) is 2.50. The van der Waals surface area contributed by atoms with Crippen molar-refractivity contribution in [1.82, 2.24) is 4.90 Å². The summed E-state index contributed by atoms with van der Waals surface area (Å²) >= 11 is 0. The van der Waals surface area contributed by atoms with Crippen LogP contribution in [0.4, 0.5) is 0 Å². The summed E-state index contributed by atoms with van der Waals surface area (Å²) in [5.41, 5.74) is 0.